The molecule has 0 spiro atoms. The zero-order valence-electron chi connectivity index (χ0n) is 11.4. The topological polar surface area (TPSA) is 40.5 Å². The molecule has 3 nitrogen and oxygen atoms in total. The number of carboxylic acids is 1. The van der Waals surface area contributed by atoms with Gasteiger partial charge in [-0.2, -0.15) is 0 Å². The van der Waals surface area contributed by atoms with Crippen molar-refractivity contribution in [3.8, 4) is 0 Å². The highest BCUT2D eigenvalue weighted by atomic mass is 16.4. The van der Waals surface area contributed by atoms with Crippen LogP contribution in [0.5, 0.6) is 0 Å². The molecule has 2 unspecified atom stereocenters. The van der Waals surface area contributed by atoms with Crippen molar-refractivity contribution in [3.63, 3.8) is 0 Å². The zero-order valence-corrected chi connectivity index (χ0v) is 11.4. The molecule has 0 saturated heterocycles. The average Bonchev–Trinajstić information content (AvgIpc) is 3.19. The molecular formula is C16H21NO2. The van der Waals surface area contributed by atoms with Gasteiger partial charge in [0, 0.05) is 12.6 Å². The quantitative estimate of drug-likeness (QED) is 0.903. The molecule has 0 bridgehead atoms. The van der Waals surface area contributed by atoms with E-state index >= 15 is 0 Å². The van der Waals surface area contributed by atoms with Gasteiger partial charge < -0.3 is 5.11 Å². The summed E-state index contributed by atoms with van der Waals surface area (Å²) in [5, 5.41) is 8.97. The number of carboxylic acid groups (broad SMARTS) is 1. The van der Waals surface area contributed by atoms with Gasteiger partial charge in [-0.1, -0.05) is 18.2 Å². The van der Waals surface area contributed by atoms with Gasteiger partial charge in [-0.25, -0.2) is 0 Å². The molecule has 1 saturated carbocycles. The van der Waals surface area contributed by atoms with Gasteiger partial charge in [-0.05, 0) is 55.8 Å². The maximum atomic E-state index is 10.9. The summed E-state index contributed by atoms with van der Waals surface area (Å²) in [7, 11) is 2.03. The molecule has 0 heterocycles. The minimum atomic E-state index is -0.651. The molecule has 1 aromatic carbocycles. The fourth-order valence-electron chi connectivity index (χ4n) is 3.22. The van der Waals surface area contributed by atoms with Crippen molar-refractivity contribution in [2.24, 2.45) is 5.92 Å². The number of hydrogen-bond donors (Lipinski definition) is 1. The van der Waals surface area contributed by atoms with Crippen LogP contribution < -0.4 is 0 Å². The lowest BCUT2D eigenvalue weighted by molar-refractivity contribution is -0.138. The molecule has 1 fully saturated rings. The van der Waals surface area contributed by atoms with Crippen LogP contribution in [0.1, 0.15) is 36.0 Å². The first-order chi connectivity index (χ1) is 9.15. The van der Waals surface area contributed by atoms with E-state index in [2.05, 4.69) is 23.1 Å². The molecule has 19 heavy (non-hydrogen) atoms. The smallest absolute Gasteiger partial charge is 0.308 e. The highest BCUT2D eigenvalue weighted by molar-refractivity contribution is 5.74. The van der Waals surface area contributed by atoms with Gasteiger partial charge in [0.05, 0.1) is 5.92 Å². The average molecular weight is 259 g/mol. The minimum Gasteiger partial charge on any atom is -0.481 e. The lowest BCUT2D eigenvalue weighted by atomic mass is 9.90. The number of benzene rings is 1. The molecule has 2 atom stereocenters. The standard InChI is InChI=1S/C16H21NO2/c1-17(15-9-14(15)16(18)19)10-11-6-7-12-4-2-3-5-13(12)8-11/h6-8,14-15H,2-5,9-10H2,1H3,(H,18,19). The predicted octanol–water partition coefficient (Wildman–Crippen LogP) is 2.47. The molecule has 3 rings (SSSR count). The van der Waals surface area contributed by atoms with Crippen LogP contribution in [0.4, 0.5) is 0 Å². The Morgan fingerprint density at radius 3 is 2.74 bits per heavy atom. The molecule has 0 aromatic heterocycles. The van der Waals surface area contributed by atoms with E-state index in [9.17, 15) is 4.79 Å². The van der Waals surface area contributed by atoms with Crippen molar-refractivity contribution < 1.29 is 9.90 Å². The SMILES string of the molecule is CN(Cc1ccc2c(c1)CCCC2)C1CC1C(=O)O. The second-order valence-corrected chi connectivity index (χ2v) is 5.97. The van der Waals surface area contributed by atoms with Gasteiger partial charge in [-0.3, -0.25) is 9.69 Å². The van der Waals surface area contributed by atoms with E-state index in [1.54, 1.807) is 0 Å². The van der Waals surface area contributed by atoms with Crippen molar-refractivity contribution in [2.75, 3.05) is 7.05 Å². The zero-order chi connectivity index (χ0) is 13.4. The molecule has 1 aromatic rings. The Morgan fingerprint density at radius 2 is 2.05 bits per heavy atom. The van der Waals surface area contributed by atoms with Crippen molar-refractivity contribution in [1.82, 2.24) is 4.90 Å². The van der Waals surface area contributed by atoms with Crippen molar-refractivity contribution >= 4 is 5.97 Å². The van der Waals surface area contributed by atoms with Gasteiger partial charge >= 0.3 is 5.97 Å². The second kappa shape index (κ2) is 4.97. The molecule has 3 heteroatoms. The lowest BCUT2D eigenvalue weighted by Crippen LogP contribution is -2.23. The van der Waals surface area contributed by atoms with Crippen LogP contribution in [-0.2, 0) is 24.2 Å². The molecule has 0 aliphatic heterocycles. The Balaban J connectivity index is 1.65. The molecule has 0 amide bonds. The summed E-state index contributed by atoms with van der Waals surface area (Å²) in [6.07, 6.45) is 5.84. The summed E-state index contributed by atoms with van der Waals surface area (Å²) in [4.78, 5) is 13.1. The van der Waals surface area contributed by atoms with Crippen LogP contribution in [0.3, 0.4) is 0 Å². The Hall–Kier alpha value is -1.35. The Morgan fingerprint density at radius 1 is 1.32 bits per heavy atom. The fraction of sp³-hybridized carbons (Fsp3) is 0.562. The third kappa shape index (κ3) is 2.66. The van der Waals surface area contributed by atoms with Crippen LogP contribution in [0.2, 0.25) is 0 Å². The molecular weight excluding hydrogens is 238 g/mol. The van der Waals surface area contributed by atoms with E-state index in [1.165, 1.54) is 42.4 Å². The normalized spacial score (nSPS) is 25.2. The fourth-order valence-corrected chi connectivity index (χ4v) is 3.22. The number of rotatable bonds is 4. The molecule has 2 aliphatic carbocycles. The molecule has 2 aliphatic rings. The van der Waals surface area contributed by atoms with E-state index in [4.69, 9.17) is 5.11 Å². The number of nitrogens with zero attached hydrogens (tertiary/aromatic N) is 1. The van der Waals surface area contributed by atoms with Crippen molar-refractivity contribution in [1.29, 1.82) is 0 Å². The van der Waals surface area contributed by atoms with Crippen LogP contribution in [0.15, 0.2) is 18.2 Å². The van der Waals surface area contributed by atoms with Crippen molar-refractivity contribution in [2.45, 2.75) is 44.7 Å². The van der Waals surface area contributed by atoms with Gasteiger partial charge in [-0.15, -0.1) is 0 Å². The maximum Gasteiger partial charge on any atom is 0.308 e. The molecule has 0 radical (unpaired) electrons. The van der Waals surface area contributed by atoms with Gasteiger partial charge in [0.2, 0.25) is 0 Å². The van der Waals surface area contributed by atoms with Crippen LogP contribution in [-0.4, -0.2) is 29.1 Å². The maximum absolute atomic E-state index is 10.9. The summed E-state index contributed by atoms with van der Waals surface area (Å²) in [6, 6.07) is 7.02. The summed E-state index contributed by atoms with van der Waals surface area (Å²) in [5.41, 5.74) is 4.33. The number of hydrogen-bond acceptors (Lipinski definition) is 2. The number of fused-ring (bicyclic) bond motifs is 1. The molecule has 102 valence electrons. The minimum absolute atomic E-state index is 0.150. The van der Waals surface area contributed by atoms with Crippen LogP contribution >= 0.6 is 0 Å². The van der Waals surface area contributed by atoms with E-state index in [0.29, 0.717) is 0 Å². The third-order valence-electron chi connectivity index (χ3n) is 4.48. The van der Waals surface area contributed by atoms with Crippen LogP contribution in [0.25, 0.3) is 0 Å². The Labute approximate surface area is 114 Å². The number of aliphatic carboxylic acids is 1. The highest BCUT2D eigenvalue weighted by Crippen LogP contribution is 2.36. The monoisotopic (exact) mass is 259 g/mol. The molecule has 1 N–H and O–H groups in total. The predicted molar refractivity (Wildman–Crippen MR) is 74.1 cm³/mol. The van der Waals surface area contributed by atoms with Gasteiger partial charge in [0.25, 0.3) is 0 Å². The first-order valence-corrected chi connectivity index (χ1v) is 7.19. The first-order valence-electron chi connectivity index (χ1n) is 7.19. The first kappa shape index (κ1) is 12.7. The van der Waals surface area contributed by atoms with Crippen molar-refractivity contribution in [3.05, 3.63) is 34.9 Å². The lowest BCUT2D eigenvalue weighted by Gasteiger charge is -2.20. The summed E-state index contributed by atoms with van der Waals surface area (Å²) in [5.74, 6) is -0.801. The number of carbonyl (C=O) groups is 1. The van der Waals surface area contributed by atoms with E-state index < -0.39 is 5.97 Å². The second-order valence-electron chi connectivity index (χ2n) is 5.97. The Kier molecular flexibility index (Phi) is 3.31. The summed E-state index contributed by atoms with van der Waals surface area (Å²) < 4.78 is 0. The van der Waals surface area contributed by atoms with E-state index in [-0.39, 0.29) is 12.0 Å². The largest absolute Gasteiger partial charge is 0.481 e. The van der Waals surface area contributed by atoms with E-state index in [1.807, 2.05) is 7.05 Å². The van der Waals surface area contributed by atoms with E-state index in [0.717, 1.165) is 13.0 Å². The van der Waals surface area contributed by atoms with Gasteiger partial charge in [0.15, 0.2) is 0 Å². The van der Waals surface area contributed by atoms with Gasteiger partial charge in [0.1, 0.15) is 0 Å². The highest BCUT2D eigenvalue weighted by Gasteiger charge is 2.45. The Bertz CT molecular complexity index is 498. The summed E-state index contributed by atoms with van der Waals surface area (Å²) >= 11 is 0. The number of aryl methyl sites for hydroxylation is 2. The third-order valence-corrected chi connectivity index (χ3v) is 4.48. The van der Waals surface area contributed by atoms with Crippen LogP contribution in [0, 0.1) is 5.92 Å². The summed E-state index contributed by atoms with van der Waals surface area (Å²) in [6.45, 7) is 0.863.